The quantitative estimate of drug-likeness (QED) is 0.570. The molecule has 0 bridgehead atoms. The lowest BCUT2D eigenvalue weighted by Gasteiger charge is -2.07. The van der Waals surface area contributed by atoms with E-state index in [1.807, 2.05) is 0 Å². The van der Waals surface area contributed by atoms with E-state index in [1.165, 1.54) is 0 Å². The average Bonchev–Trinajstić information content (AvgIpc) is 3.22. The molecule has 0 spiro atoms. The van der Waals surface area contributed by atoms with Gasteiger partial charge in [-0.05, 0) is 37.1 Å². The van der Waals surface area contributed by atoms with Crippen LogP contribution in [-0.4, -0.2) is 31.1 Å². The highest BCUT2D eigenvalue weighted by atomic mass is 16.6. The lowest BCUT2D eigenvalue weighted by molar-refractivity contribution is -0.146. The van der Waals surface area contributed by atoms with Crippen molar-refractivity contribution in [2.24, 2.45) is 0 Å². The number of benzene rings is 1. The minimum Gasteiger partial charge on any atom is -0.482 e. The number of carbonyl (C=O) groups excluding carboxylic acids is 2. The SMILES string of the molecule is Nc1ccc(OCC(=O)OCCC(=O)NC2CC2)cc1. The van der Waals surface area contributed by atoms with Gasteiger partial charge in [0.25, 0.3) is 0 Å². The molecule has 2 rings (SSSR count). The molecule has 1 amide bonds. The van der Waals surface area contributed by atoms with Crippen LogP contribution < -0.4 is 15.8 Å². The van der Waals surface area contributed by atoms with E-state index in [0.717, 1.165) is 12.8 Å². The van der Waals surface area contributed by atoms with Gasteiger partial charge in [-0.3, -0.25) is 4.79 Å². The molecule has 108 valence electrons. The molecule has 3 N–H and O–H groups in total. The minimum atomic E-state index is -0.499. The molecule has 6 nitrogen and oxygen atoms in total. The van der Waals surface area contributed by atoms with Crippen LogP contribution in [0.5, 0.6) is 5.75 Å². The summed E-state index contributed by atoms with van der Waals surface area (Å²) in [6.07, 6.45) is 2.27. The van der Waals surface area contributed by atoms with Crippen LogP contribution in [0.1, 0.15) is 19.3 Å². The van der Waals surface area contributed by atoms with Crippen molar-refractivity contribution in [1.82, 2.24) is 5.32 Å². The van der Waals surface area contributed by atoms with E-state index in [4.69, 9.17) is 15.2 Å². The molecule has 0 unspecified atom stereocenters. The largest absolute Gasteiger partial charge is 0.482 e. The molecule has 0 radical (unpaired) electrons. The highest BCUT2D eigenvalue weighted by Crippen LogP contribution is 2.18. The van der Waals surface area contributed by atoms with Crippen LogP contribution in [0, 0.1) is 0 Å². The molecule has 1 aromatic rings. The van der Waals surface area contributed by atoms with Gasteiger partial charge in [-0.15, -0.1) is 0 Å². The van der Waals surface area contributed by atoms with Gasteiger partial charge >= 0.3 is 5.97 Å². The molecule has 0 atom stereocenters. The molecule has 0 heterocycles. The fourth-order valence-electron chi connectivity index (χ4n) is 1.53. The molecule has 1 fully saturated rings. The Balaban J connectivity index is 1.57. The Bertz CT molecular complexity index is 469. The summed E-state index contributed by atoms with van der Waals surface area (Å²) >= 11 is 0. The van der Waals surface area contributed by atoms with E-state index in [9.17, 15) is 9.59 Å². The number of anilines is 1. The van der Waals surface area contributed by atoms with Crippen LogP contribution in [0.2, 0.25) is 0 Å². The van der Waals surface area contributed by atoms with Gasteiger partial charge < -0.3 is 20.5 Å². The van der Waals surface area contributed by atoms with Gasteiger partial charge in [0.05, 0.1) is 6.42 Å². The van der Waals surface area contributed by atoms with Crippen molar-refractivity contribution in [3.63, 3.8) is 0 Å². The number of nitrogen functional groups attached to an aromatic ring is 1. The summed E-state index contributed by atoms with van der Waals surface area (Å²) in [6.45, 7) is -0.114. The zero-order valence-electron chi connectivity index (χ0n) is 11.1. The molecule has 1 aromatic carbocycles. The van der Waals surface area contributed by atoms with Gasteiger partial charge in [-0.25, -0.2) is 4.79 Å². The predicted octanol–water partition coefficient (Wildman–Crippen LogP) is 0.859. The Labute approximate surface area is 117 Å². The number of nitrogens with one attached hydrogen (secondary N) is 1. The van der Waals surface area contributed by atoms with Gasteiger partial charge in [-0.1, -0.05) is 0 Å². The molecule has 0 aromatic heterocycles. The summed E-state index contributed by atoms with van der Waals surface area (Å²) in [4.78, 5) is 22.7. The molecule has 20 heavy (non-hydrogen) atoms. The summed E-state index contributed by atoms with van der Waals surface area (Å²) in [7, 11) is 0. The van der Waals surface area contributed by atoms with Crippen LogP contribution in [-0.2, 0) is 14.3 Å². The number of hydrogen-bond donors (Lipinski definition) is 2. The highest BCUT2D eigenvalue weighted by Gasteiger charge is 2.22. The maximum Gasteiger partial charge on any atom is 0.344 e. The summed E-state index contributed by atoms with van der Waals surface area (Å²) in [5.74, 6) is -0.0385. The first-order valence-electron chi connectivity index (χ1n) is 6.57. The number of nitrogens with two attached hydrogens (primary N) is 1. The molecule has 0 aliphatic heterocycles. The van der Waals surface area contributed by atoms with Crippen LogP contribution >= 0.6 is 0 Å². The van der Waals surface area contributed by atoms with Gasteiger partial charge in [-0.2, -0.15) is 0 Å². The number of rotatable bonds is 7. The number of ether oxygens (including phenoxy) is 2. The Morgan fingerprint density at radius 1 is 1.25 bits per heavy atom. The third-order valence-electron chi connectivity index (χ3n) is 2.77. The second-order valence-electron chi connectivity index (χ2n) is 4.67. The number of esters is 1. The molecule has 1 aliphatic rings. The monoisotopic (exact) mass is 278 g/mol. The third-order valence-corrected chi connectivity index (χ3v) is 2.77. The summed E-state index contributed by atoms with van der Waals surface area (Å²) in [5.41, 5.74) is 6.16. The zero-order chi connectivity index (χ0) is 14.4. The summed E-state index contributed by atoms with van der Waals surface area (Å²) < 4.78 is 10.1. The first kappa shape index (κ1) is 14.2. The van der Waals surface area contributed by atoms with Crippen molar-refractivity contribution in [2.45, 2.75) is 25.3 Å². The molecule has 1 aliphatic carbocycles. The second kappa shape index (κ2) is 6.79. The van der Waals surface area contributed by atoms with Crippen LogP contribution in [0.4, 0.5) is 5.69 Å². The smallest absolute Gasteiger partial charge is 0.344 e. The van der Waals surface area contributed by atoms with E-state index in [2.05, 4.69) is 5.32 Å². The Hall–Kier alpha value is -2.24. The van der Waals surface area contributed by atoms with E-state index >= 15 is 0 Å². The van der Waals surface area contributed by atoms with E-state index in [0.29, 0.717) is 17.5 Å². The van der Waals surface area contributed by atoms with Crippen molar-refractivity contribution in [2.75, 3.05) is 18.9 Å². The topological polar surface area (TPSA) is 90.7 Å². The summed E-state index contributed by atoms with van der Waals surface area (Å²) in [5, 5.41) is 2.82. The second-order valence-corrected chi connectivity index (χ2v) is 4.67. The number of amides is 1. The van der Waals surface area contributed by atoms with Gasteiger partial charge in [0.1, 0.15) is 12.4 Å². The fraction of sp³-hybridized carbons (Fsp3) is 0.429. The number of hydrogen-bond acceptors (Lipinski definition) is 5. The standard InChI is InChI=1S/C14H18N2O4/c15-10-1-5-12(6-2-10)20-9-14(18)19-8-7-13(17)16-11-3-4-11/h1-2,5-6,11H,3-4,7-9,15H2,(H,16,17). The Morgan fingerprint density at radius 3 is 2.60 bits per heavy atom. The first-order chi connectivity index (χ1) is 9.63. The number of carbonyl (C=O) groups is 2. The van der Waals surface area contributed by atoms with Gasteiger partial charge in [0.2, 0.25) is 5.91 Å². The maximum absolute atomic E-state index is 11.4. The molecular weight excluding hydrogens is 260 g/mol. The van der Waals surface area contributed by atoms with Crippen molar-refractivity contribution in [3.05, 3.63) is 24.3 Å². The van der Waals surface area contributed by atoms with Crippen molar-refractivity contribution >= 4 is 17.6 Å². The van der Waals surface area contributed by atoms with E-state index in [-0.39, 0.29) is 25.5 Å². The Morgan fingerprint density at radius 2 is 1.95 bits per heavy atom. The van der Waals surface area contributed by atoms with E-state index < -0.39 is 5.97 Å². The molecular formula is C14H18N2O4. The van der Waals surface area contributed by atoms with Gasteiger partial charge in [0, 0.05) is 11.7 Å². The molecule has 6 heteroatoms. The van der Waals surface area contributed by atoms with Gasteiger partial charge in [0.15, 0.2) is 6.61 Å². The first-order valence-corrected chi connectivity index (χ1v) is 6.57. The van der Waals surface area contributed by atoms with Crippen molar-refractivity contribution in [3.8, 4) is 5.75 Å². The fourth-order valence-corrected chi connectivity index (χ4v) is 1.53. The zero-order valence-corrected chi connectivity index (χ0v) is 11.1. The van der Waals surface area contributed by atoms with Crippen LogP contribution in [0.3, 0.4) is 0 Å². The molecule has 0 saturated heterocycles. The Kier molecular flexibility index (Phi) is 4.81. The third kappa shape index (κ3) is 5.17. The van der Waals surface area contributed by atoms with Crippen molar-refractivity contribution in [1.29, 1.82) is 0 Å². The maximum atomic E-state index is 11.4. The lowest BCUT2D eigenvalue weighted by atomic mass is 10.3. The van der Waals surface area contributed by atoms with E-state index in [1.54, 1.807) is 24.3 Å². The average molecular weight is 278 g/mol. The highest BCUT2D eigenvalue weighted by molar-refractivity contribution is 5.77. The molecule has 1 saturated carbocycles. The summed E-state index contributed by atoms with van der Waals surface area (Å²) in [6, 6.07) is 7.04. The predicted molar refractivity (Wildman–Crippen MR) is 73.1 cm³/mol. The normalized spacial score (nSPS) is 13.6. The van der Waals surface area contributed by atoms with Crippen molar-refractivity contribution < 1.29 is 19.1 Å². The van der Waals surface area contributed by atoms with Crippen LogP contribution in [0.15, 0.2) is 24.3 Å². The lowest BCUT2D eigenvalue weighted by Crippen LogP contribution is -2.27. The van der Waals surface area contributed by atoms with Crippen LogP contribution in [0.25, 0.3) is 0 Å². The minimum absolute atomic E-state index is 0.0719.